The zero-order valence-corrected chi connectivity index (χ0v) is 11.2. The number of hydrogen-bond donors (Lipinski definition) is 1. The third-order valence-electron chi connectivity index (χ3n) is 3.58. The molecule has 1 aliphatic heterocycles. The molecule has 0 aromatic heterocycles. The van der Waals surface area contributed by atoms with E-state index < -0.39 is 5.91 Å². The number of nitrogens with two attached hydrogens (primary N) is 1. The van der Waals surface area contributed by atoms with Gasteiger partial charge in [-0.15, -0.1) is 0 Å². The number of carbonyl (C=O) groups is 2. The maximum atomic E-state index is 12.2. The van der Waals surface area contributed by atoms with Crippen LogP contribution in [0.2, 0.25) is 0 Å². The zero-order chi connectivity index (χ0) is 14.0. The monoisotopic (exact) mass is 258 g/mol. The van der Waals surface area contributed by atoms with Gasteiger partial charge in [0.1, 0.15) is 0 Å². The van der Waals surface area contributed by atoms with Crippen LogP contribution in [0.15, 0.2) is 41.5 Å². The molecule has 0 fully saturated rings. The molecular weight excluding hydrogens is 240 g/mol. The summed E-state index contributed by atoms with van der Waals surface area (Å²) in [6, 6.07) is 9.27. The Labute approximate surface area is 112 Å². The van der Waals surface area contributed by atoms with Crippen molar-refractivity contribution < 1.29 is 9.59 Å². The first kappa shape index (κ1) is 13.3. The molecule has 1 aromatic rings. The van der Waals surface area contributed by atoms with Crippen LogP contribution < -0.4 is 5.73 Å². The van der Waals surface area contributed by atoms with Crippen LogP contribution in [0.25, 0.3) is 0 Å². The van der Waals surface area contributed by atoms with Crippen molar-refractivity contribution >= 4 is 11.8 Å². The summed E-state index contributed by atoms with van der Waals surface area (Å²) in [6.45, 7) is 4.33. The van der Waals surface area contributed by atoms with Crippen LogP contribution in [0.5, 0.6) is 0 Å². The summed E-state index contributed by atoms with van der Waals surface area (Å²) in [4.78, 5) is 25.2. The maximum absolute atomic E-state index is 12.2. The third-order valence-corrected chi connectivity index (χ3v) is 3.58. The second kappa shape index (κ2) is 5.26. The molecular formula is C15H18N2O2. The molecule has 0 bridgehead atoms. The van der Waals surface area contributed by atoms with Gasteiger partial charge < -0.3 is 10.6 Å². The third kappa shape index (κ3) is 2.67. The van der Waals surface area contributed by atoms with E-state index in [2.05, 4.69) is 0 Å². The van der Waals surface area contributed by atoms with Crippen molar-refractivity contribution in [2.45, 2.75) is 26.3 Å². The molecule has 1 aliphatic rings. The van der Waals surface area contributed by atoms with Gasteiger partial charge >= 0.3 is 0 Å². The van der Waals surface area contributed by atoms with Gasteiger partial charge in [-0.2, -0.15) is 0 Å². The summed E-state index contributed by atoms with van der Waals surface area (Å²) >= 11 is 0. The smallest absolute Gasteiger partial charge is 0.250 e. The lowest BCUT2D eigenvalue weighted by Crippen LogP contribution is -2.34. The van der Waals surface area contributed by atoms with E-state index in [1.807, 2.05) is 44.2 Å². The molecule has 0 radical (unpaired) electrons. The molecule has 100 valence electrons. The van der Waals surface area contributed by atoms with E-state index in [-0.39, 0.29) is 18.4 Å². The average Bonchev–Trinajstić information content (AvgIpc) is 2.64. The lowest BCUT2D eigenvalue weighted by atomic mass is 10.0. The summed E-state index contributed by atoms with van der Waals surface area (Å²) < 4.78 is 0. The highest BCUT2D eigenvalue weighted by Gasteiger charge is 2.32. The van der Waals surface area contributed by atoms with E-state index in [9.17, 15) is 9.59 Å². The minimum Gasteiger partial charge on any atom is -0.370 e. The Morgan fingerprint density at radius 3 is 2.42 bits per heavy atom. The Bertz CT molecular complexity index is 534. The van der Waals surface area contributed by atoms with Crippen molar-refractivity contribution in [2.75, 3.05) is 6.54 Å². The summed E-state index contributed by atoms with van der Waals surface area (Å²) in [5, 5.41) is 0. The fourth-order valence-electron chi connectivity index (χ4n) is 2.37. The van der Waals surface area contributed by atoms with Gasteiger partial charge in [0.2, 0.25) is 11.8 Å². The molecule has 19 heavy (non-hydrogen) atoms. The number of primary amides is 1. The topological polar surface area (TPSA) is 63.4 Å². The minimum atomic E-state index is -0.399. The second-order valence-corrected chi connectivity index (χ2v) is 4.94. The van der Waals surface area contributed by atoms with Gasteiger partial charge in [0.25, 0.3) is 0 Å². The van der Waals surface area contributed by atoms with Crippen molar-refractivity contribution in [3.8, 4) is 0 Å². The van der Waals surface area contributed by atoms with E-state index in [1.165, 1.54) is 0 Å². The highest BCUT2D eigenvalue weighted by Crippen LogP contribution is 2.30. The van der Waals surface area contributed by atoms with Gasteiger partial charge in [-0.3, -0.25) is 9.59 Å². The predicted octanol–water partition coefficient (Wildman–Crippen LogP) is 1.78. The zero-order valence-electron chi connectivity index (χ0n) is 11.2. The number of rotatable bonds is 4. The fourth-order valence-corrected chi connectivity index (χ4v) is 2.37. The fraction of sp³-hybridized carbons (Fsp3) is 0.333. The Morgan fingerprint density at radius 1 is 1.32 bits per heavy atom. The number of carbonyl (C=O) groups excluding carboxylic acids is 2. The first-order chi connectivity index (χ1) is 9.00. The predicted molar refractivity (Wildman–Crippen MR) is 73.1 cm³/mol. The van der Waals surface area contributed by atoms with E-state index in [1.54, 1.807) is 4.90 Å². The normalized spacial score (nSPS) is 16.9. The van der Waals surface area contributed by atoms with E-state index in [0.29, 0.717) is 6.54 Å². The average molecular weight is 258 g/mol. The summed E-state index contributed by atoms with van der Waals surface area (Å²) in [5.74, 6) is -0.406. The molecule has 2 rings (SSSR count). The second-order valence-electron chi connectivity index (χ2n) is 4.94. The van der Waals surface area contributed by atoms with Gasteiger partial charge in [0.15, 0.2) is 0 Å². The van der Waals surface area contributed by atoms with E-state index >= 15 is 0 Å². The van der Waals surface area contributed by atoms with Crippen LogP contribution in [0, 0.1) is 0 Å². The first-order valence-electron chi connectivity index (χ1n) is 6.31. The van der Waals surface area contributed by atoms with Crippen LogP contribution in [0.4, 0.5) is 0 Å². The van der Waals surface area contributed by atoms with Gasteiger partial charge in [0.05, 0.1) is 12.5 Å². The number of nitrogens with zero attached hydrogens (tertiary/aromatic N) is 1. The highest BCUT2D eigenvalue weighted by atomic mass is 16.2. The van der Waals surface area contributed by atoms with Crippen LogP contribution in [0.3, 0.4) is 0 Å². The Morgan fingerprint density at radius 2 is 1.95 bits per heavy atom. The van der Waals surface area contributed by atoms with E-state index in [4.69, 9.17) is 5.73 Å². The molecule has 1 unspecified atom stereocenters. The SMILES string of the molecule is CC1=C(C)C(=O)N(C(CC(N)=O)c2ccccc2)C1. The van der Waals surface area contributed by atoms with Crippen molar-refractivity contribution in [2.24, 2.45) is 5.73 Å². The van der Waals surface area contributed by atoms with Crippen LogP contribution >= 0.6 is 0 Å². The lowest BCUT2D eigenvalue weighted by Gasteiger charge is -2.28. The largest absolute Gasteiger partial charge is 0.370 e. The molecule has 2 N–H and O–H groups in total. The van der Waals surface area contributed by atoms with E-state index in [0.717, 1.165) is 16.7 Å². The molecule has 1 heterocycles. The number of benzene rings is 1. The molecule has 1 atom stereocenters. The standard InChI is InChI=1S/C15H18N2O2/c1-10-9-17(15(19)11(10)2)13(8-14(16)18)12-6-4-3-5-7-12/h3-7,13H,8-9H2,1-2H3,(H2,16,18). The lowest BCUT2D eigenvalue weighted by molar-refractivity contribution is -0.129. The van der Waals surface area contributed by atoms with Gasteiger partial charge in [-0.1, -0.05) is 30.3 Å². The Kier molecular flexibility index (Phi) is 3.69. The van der Waals surface area contributed by atoms with Crippen molar-refractivity contribution in [3.63, 3.8) is 0 Å². The molecule has 4 heteroatoms. The van der Waals surface area contributed by atoms with Crippen molar-refractivity contribution in [1.29, 1.82) is 0 Å². The van der Waals surface area contributed by atoms with Gasteiger partial charge in [-0.25, -0.2) is 0 Å². The van der Waals surface area contributed by atoms with Crippen LogP contribution in [0.1, 0.15) is 31.9 Å². The maximum Gasteiger partial charge on any atom is 0.250 e. The van der Waals surface area contributed by atoms with Crippen LogP contribution in [-0.4, -0.2) is 23.3 Å². The summed E-state index contributed by atoms with van der Waals surface area (Å²) in [6.07, 6.45) is 0.149. The first-order valence-corrected chi connectivity index (χ1v) is 6.31. The van der Waals surface area contributed by atoms with Crippen molar-refractivity contribution in [3.05, 3.63) is 47.0 Å². The number of amides is 2. The highest BCUT2D eigenvalue weighted by molar-refractivity contribution is 5.97. The molecule has 0 saturated carbocycles. The van der Waals surface area contributed by atoms with Crippen molar-refractivity contribution in [1.82, 2.24) is 4.90 Å². The van der Waals surface area contributed by atoms with Gasteiger partial charge in [-0.05, 0) is 25.0 Å². The molecule has 1 aromatic carbocycles. The minimum absolute atomic E-state index is 0.00685. The molecule has 4 nitrogen and oxygen atoms in total. The Hall–Kier alpha value is -2.10. The molecule has 0 spiro atoms. The summed E-state index contributed by atoms with van der Waals surface area (Å²) in [7, 11) is 0. The quantitative estimate of drug-likeness (QED) is 0.894. The Balaban J connectivity index is 2.31. The molecule has 0 saturated heterocycles. The molecule has 2 amide bonds. The summed E-state index contributed by atoms with van der Waals surface area (Å²) in [5.41, 5.74) is 8.08. The number of hydrogen-bond acceptors (Lipinski definition) is 2. The van der Waals surface area contributed by atoms with Gasteiger partial charge in [0, 0.05) is 12.1 Å². The molecule has 0 aliphatic carbocycles. The van der Waals surface area contributed by atoms with Crippen LogP contribution in [-0.2, 0) is 9.59 Å².